The van der Waals surface area contributed by atoms with E-state index in [4.69, 9.17) is 21.1 Å². The van der Waals surface area contributed by atoms with Crippen LogP contribution in [0.1, 0.15) is 0 Å². The van der Waals surface area contributed by atoms with Crippen LogP contribution in [0.2, 0.25) is 5.02 Å². The Hall–Kier alpha value is -3.03. The summed E-state index contributed by atoms with van der Waals surface area (Å²) in [6, 6.07) is 22.1. The van der Waals surface area contributed by atoms with E-state index in [2.05, 4.69) is 26.8 Å². The number of benzene rings is 3. The fourth-order valence-electron chi connectivity index (χ4n) is 2.54. The molecule has 2 N–H and O–H groups in total. The normalized spacial score (nSPS) is 10.2. The van der Waals surface area contributed by atoms with Crippen LogP contribution < -0.4 is 20.3 Å². The summed E-state index contributed by atoms with van der Waals surface area (Å²) in [5.74, 6) is 0.0107. The molecule has 0 aliphatic carbocycles. The monoisotopic (exact) mass is 488 g/mol. The lowest BCUT2D eigenvalue weighted by molar-refractivity contribution is -0.131. The van der Waals surface area contributed by atoms with Gasteiger partial charge in [-0.05, 0) is 45.8 Å². The first-order chi connectivity index (χ1) is 14.5. The second-order valence-corrected chi connectivity index (χ2v) is 7.40. The summed E-state index contributed by atoms with van der Waals surface area (Å²) in [5, 5.41) is 0.541. The van der Waals surface area contributed by atoms with E-state index in [-0.39, 0.29) is 13.2 Å². The number of amides is 2. The molecule has 30 heavy (non-hydrogen) atoms. The summed E-state index contributed by atoms with van der Waals surface area (Å²) in [6.45, 7) is -0.536. The van der Waals surface area contributed by atoms with Crippen LogP contribution in [0.4, 0.5) is 0 Å². The van der Waals surface area contributed by atoms with Gasteiger partial charge in [0.1, 0.15) is 11.5 Å². The molecule has 0 bridgehead atoms. The fourth-order valence-corrected chi connectivity index (χ4v) is 3.34. The summed E-state index contributed by atoms with van der Waals surface area (Å²) >= 11 is 9.16. The molecule has 6 nitrogen and oxygen atoms in total. The third-order valence-electron chi connectivity index (χ3n) is 3.92. The maximum absolute atomic E-state index is 12.0. The predicted molar refractivity (Wildman–Crippen MR) is 118 cm³/mol. The summed E-state index contributed by atoms with van der Waals surface area (Å²) in [5.41, 5.74) is 6.43. The van der Waals surface area contributed by atoms with E-state index in [1.54, 1.807) is 24.3 Å². The van der Waals surface area contributed by atoms with Gasteiger partial charge in [0.2, 0.25) is 0 Å². The number of hydrazine groups is 1. The molecule has 0 saturated carbocycles. The molecule has 0 spiro atoms. The zero-order valence-electron chi connectivity index (χ0n) is 15.7. The van der Waals surface area contributed by atoms with Gasteiger partial charge in [-0.1, -0.05) is 60.1 Å². The highest BCUT2D eigenvalue weighted by Crippen LogP contribution is 2.29. The lowest BCUT2D eigenvalue weighted by Crippen LogP contribution is -2.45. The van der Waals surface area contributed by atoms with Crippen molar-refractivity contribution in [3.63, 3.8) is 0 Å². The second-order valence-electron chi connectivity index (χ2n) is 6.11. The number of carbonyl (C=O) groups is 2. The van der Waals surface area contributed by atoms with Crippen molar-refractivity contribution < 1.29 is 19.1 Å². The number of carbonyl (C=O) groups excluding carboxylic acids is 2. The molecule has 3 aromatic rings. The third-order valence-corrected chi connectivity index (χ3v) is 4.78. The predicted octanol–water partition coefficient (Wildman–Crippen LogP) is 4.37. The fraction of sp³-hybridized carbons (Fsp3) is 0.0909. The first-order valence-corrected chi connectivity index (χ1v) is 10.1. The Bertz CT molecular complexity index is 1030. The van der Waals surface area contributed by atoms with Crippen LogP contribution in [0.3, 0.4) is 0 Å². The van der Waals surface area contributed by atoms with Crippen molar-refractivity contribution in [3.05, 3.63) is 82.3 Å². The zero-order chi connectivity index (χ0) is 21.3. The smallest absolute Gasteiger partial charge is 0.276 e. The van der Waals surface area contributed by atoms with Gasteiger partial charge in [-0.25, -0.2) is 0 Å². The van der Waals surface area contributed by atoms with Gasteiger partial charge in [-0.15, -0.1) is 0 Å². The number of nitrogens with one attached hydrogen (secondary N) is 2. The van der Waals surface area contributed by atoms with Gasteiger partial charge >= 0.3 is 0 Å². The average Bonchev–Trinajstić information content (AvgIpc) is 2.76. The quantitative estimate of drug-likeness (QED) is 0.483. The highest BCUT2D eigenvalue weighted by atomic mass is 79.9. The maximum Gasteiger partial charge on any atom is 0.276 e. The van der Waals surface area contributed by atoms with Crippen LogP contribution in [0, 0.1) is 0 Å². The van der Waals surface area contributed by atoms with E-state index in [0.717, 1.165) is 11.1 Å². The first-order valence-electron chi connectivity index (χ1n) is 8.95. The van der Waals surface area contributed by atoms with Crippen LogP contribution in [-0.4, -0.2) is 25.0 Å². The molecule has 8 heteroatoms. The van der Waals surface area contributed by atoms with Crippen molar-refractivity contribution >= 4 is 39.3 Å². The molecule has 0 fully saturated rings. The van der Waals surface area contributed by atoms with Crippen LogP contribution in [0.15, 0.2) is 77.3 Å². The molecule has 0 radical (unpaired) electrons. The Balaban J connectivity index is 1.46. The molecule has 0 aliphatic heterocycles. The zero-order valence-corrected chi connectivity index (χ0v) is 18.1. The third kappa shape index (κ3) is 6.23. The summed E-state index contributed by atoms with van der Waals surface area (Å²) < 4.78 is 11.6. The Kier molecular flexibility index (Phi) is 7.70. The molecule has 0 aliphatic rings. The molecular weight excluding hydrogens is 472 g/mol. The van der Waals surface area contributed by atoms with E-state index in [0.29, 0.717) is 21.0 Å². The summed E-state index contributed by atoms with van der Waals surface area (Å²) in [6.07, 6.45) is 0. The lowest BCUT2D eigenvalue weighted by Gasteiger charge is -2.12. The standard InChI is InChI=1S/C22H18BrClN2O4/c23-18-12-16(24)10-11-20(18)30-14-22(28)26-25-21(27)13-29-19-9-5-4-8-17(19)15-6-2-1-3-7-15/h1-12H,13-14H2,(H,25,27)(H,26,28). The molecule has 0 atom stereocenters. The molecule has 0 saturated heterocycles. The molecule has 0 aromatic heterocycles. The van der Waals surface area contributed by atoms with Gasteiger partial charge in [0.15, 0.2) is 13.2 Å². The summed E-state index contributed by atoms with van der Waals surface area (Å²) in [4.78, 5) is 23.9. The van der Waals surface area contributed by atoms with Crippen molar-refractivity contribution in [2.45, 2.75) is 0 Å². The Morgan fingerprint density at radius 2 is 1.40 bits per heavy atom. The number of para-hydroxylation sites is 1. The minimum absolute atomic E-state index is 0.256. The molecule has 0 unspecified atom stereocenters. The van der Waals surface area contributed by atoms with E-state index < -0.39 is 11.8 Å². The maximum atomic E-state index is 12.0. The second kappa shape index (κ2) is 10.7. The minimum Gasteiger partial charge on any atom is -0.483 e. The SMILES string of the molecule is O=C(COc1ccc(Cl)cc1Br)NNC(=O)COc1ccccc1-c1ccccc1. The van der Waals surface area contributed by atoms with Crippen molar-refractivity contribution in [3.8, 4) is 22.6 Å². The average molecular weight is 490 g/mol. The number of halogens is 2. The largest absolute Gasteiger partial charge is 0.483 e. The topological polar surface area (TPSA) is 76.7 Å². The highest BCUT2D eigenvalue weighted by molar-refractivity contribution is 9.10. The van der Waals surface area contributed by atoms with Crippen LogP contribution in [0.25, 0.3) is 11.1 Å². The number of ether oxygens (including phenoxy) is 2. The Morgan fingerprint density at radius 3 is 2.07 bits per heavy atom. The molecule has 154 valence electrons. The van der Waals surface area contributed by atoms with Gasteiger partial charge in [-0.3, -0.25) is 20.4 Å². The minimum atomic E-state index is -0.519. The number of hydrogen-bond donors (Lipinski definition) is 2. The van der Waals surface area contributed by atoms with E-state index in [9.17, 15) is 9.59 Å². The van der Waals surface area contributed by atoms with Crippen LogP contribution in [-0.2, 0) is 9.59 Å². The van der Waals surface area contributed by atoms with Crippen LogP contribution >= 0.6 is 27.5 Å². The molecule has 2 amide bonds. The van der Waals surface area contributed by atoms with E-state index >= 15 is 0 Å². The van der Waals surface area contributed by atoms with Gasteiger partial charge in [0.25, 0.3) is 11.8 Å². The highest BCUT2D eigenvalue weighted by Gasteiger charge is 2.10. The van der Waals surface area contributed by atoms with Gasteiger partial charge in [-0.2, -0.15) is 0 Å². The van der Waals surface area contributed by atoms with Gasteiger partial charge < -0.3 is 9.47 Å². The van der Waals surface area contributed by atoms with Gasteiger partial charge in [0, 0.05) is 10.6 Å². The lowest BCUT2D eigenvalue weighted by atomic mass is 10.1. The van der Waals surface area contributed by atoms with E-state index in [1.807, 2.05) is 48.5 Å². The van der Waals surface area contributed by atoms with Crippen molar-refractivity contribution in [2.24, 2.45) is 0 Å². The van der Waals surface area contributed by atoms with Gasteiger partial charge in [0.05, 0.1) is 4.47 Å². The first kappa shape index (κ1) is 21.7. The van der Waals surface area contributed by atoms with Crippen LogP contribution in [0.5, 0.6) is 11.5 Å². The molecule has 0 heterocycles. The number of rotatable bonds is 7. The molecular formula is C22H18BrClN2O4. The van der Waals surface area contributed by atoms with Crippen molar-refractivity contribution in [1.29, 1.82) is 0 Å². The Labute approximate surface area is 187 Å². The van der Waals surface area contributed by atoms with Crippen molar-refractivity contribution in [1.82, 2.24) is 10.9 Å². The molecule has 3 rings (SSSR count). The summed E-state index contributed by atoms with van der Waals surface area (Å²) in [7, 11) is 0. The Morgan fingerprint density at radius 1 is 0.800 bits per heavy atom. The number of hydrogen-bond acceptors (Lipinski definition) is 4. The van der Waals surface area contributed by atoms with E-state index in [1.165, 1.54) is 0 Å². The van der Waals surface area contributed by atoms with Crippen molar-refractivity contribution in [2.75, 3.05) is 13.2 Å². The molecule has 3 aromatic carbocycles.